The zero-order chi connectivity index (χ0) is 16.4. The highest BCUT2D eigenvalue weighted by Gasteiger charge is 2.22. The van der Waals surface area contributed by atoms with Crippen molar-refractivity contribution in [3.63, 3.8) is 0 Å². The Morgan fingerprint density at radius 3 is 2.24 bits per heavy atom. The molecule has 0 spiro atoms. The van der Waals surface area contributed by atoms with Gasteiger partial charge in [-0.05, 0) is 27.7 Å². The third-order valence-electron chi connectivity index (χ3n) is 2.93. The minimum Gasteiger partial charge on any atom is -0.358 e. The number of nitrogens with zero attached hydrogens (tertiary/aromatic N) is 2. The summed E-state index contributed by atoms with van der Waals surface area (Å²) in [5.74, 6) is 1.18. The van der Waals surface area contributed by atoms with Crippen molar-refractivity contribution in [3.05, 3.63) is 16.5 Å². The van der Waals surface area contributed by atoms with Crippen LogP contribution in [0.15, 0.2) is 0 Å². The average Bonchev–Trinajstić information content (AvgIpc) is 2.32. The second-order valence-electron chi connectivity index (χ2n) is 6.59. The van der Waals surface area contributed by atoms with Gasteiger partial charge in [-0.1, -0.05) is 32.4 Å². The predicted octanol–water partition coefficient (Wildman–Crippen LogP) is 3.06. The summed E-state index contributed by atoms with van der Waals surface area (Å²) in [6, 6.07) is -0.299. The molecule has 0 aliphatic heterocycles. The zero-order valence-corrected chi connectivity index (χ0v) is 14.6. The molecule has 0 aliphatic rings. The third kappa shape index (κ3) is 4.84. The standard InChI is InChI=1S/C15H25ClN4O/c1-8(2)17-13(21)10(4)18-12-9(3)11(16)19-14(20-12)15(5,6)7/h8,10H,1-7H3,(H,17,21)(H,18,19,20). The van der Waals surface area contributed by atoms with Crippen LogP contribution >= 0.6 is 11.6 Å². The lowest BCUT2D eigenvalue weighted by Gasteiger charge is -2.21. The van der Waals surface area contributed by atoms with Crippen LogP contribution in [0.3, 0.4) is 0 Å². The average molecular weight is 313 g/mol. The van der Waals surface area contributed by atoms with E-state index in [0.29, 0.717) is 16.8 Å². The van der Waals surface area contributed by atoms with Gasteiger partial charge in [-0.3, -0.25) is 4.79 Å². The van der Waals surface area contributed by atoms with E-state index in [0.717, 1.165) is 5.56 Å². The number of carbonyl (C=O) groups is 1. The van der Waals surface area contributed by atoms with E-state index in [-0.39, 0.29) is 17.4 Å². The van der Waals surface area contributed by atoms with E-state index >= 15 is 0 Å². The van der Waals surface area contributed by atoms with Gasteiger partial charge >= 0.3 is 0 Å². The van der Waals surface area contributed by atoms with Crippen molar-refractivity contribution in [2.24, 2.45) is 0 Å². The Kier molecular flexibility index (Phi) is 5.56. The highest BCUT2D eigenvalue weighted by Crippen LogP contribution is 2.26. The van der Waals surface area contributed by atoms with Crippen LogP contribution in [0, 0.1) is 6.92 Å². The van der Waals surface area contributed by atoms with Gasteiger partial charge in [0.15, 0.2) is 0 Å². The monoisotopic (exact) mass is 312 g/mol. The number of halogens is 1. The first-order chi connectivity index (χ1) is 9.52. The lowest BCUT2D eigenvalue weighted by Crippen LogP contribution is -2.41. The van der Waals surface area contributed by atoms with Crippen LogP contribution in [0.25, 0.3) is 0 Å². The molecule has 0 aromatic carbocycles. The summed E-state index contributed by atoms with van der Waals surface area (Å²) in [6.07, 6.45) is 0. The van der Waals surface area contributed by atoms with E-state index in [1.807, 2.05) is 41.5 Å². The van der Waals surface area contributed by atoms with Gasteiger partial charge in [0.1, 0.15) is 22.8 Å². The van der Waals surface area contributed by atoms with Crippen molar-refractivity contribution in [1.29, 1.82) is 0 Å². The molecule has 0 saturated heterocycles. The molecule has 1 aromatic heterocycles. The normalized spacial score (nSPS) is 13.2. The minimum absolute atomic E-state index is 0.0727. The molecule has 2 N–H and O–H groups in total. The highest BCUT2D eigenvalue weighted by molar-refractivity contribution is 6.30. The molecule has 0 aliphatic carbocycles. The molecule has 118 valence electrons. The van der Waals surface area contributed by atoms with E-state index < -0.39 is 6.04 Å². The molecule has 1 atom stereocenters. The van der Waals surface area contributed by atoms with Gasteiger partial charge in [0.2, 0.25) is 5.91 Å². The molecule has 1 rings (SSSR count). The number of nitrogens with one attached hydrogen (secondary N) is 2. The molecule has 6 heteroatoms. The summed E-state index contributed by atoms with van der Waals surface area (Å²) < 4.78 is 0. The van der Waals surface area contributed by atoms with Crippen LogP contribution < -0.4 is 10.6 Å². The Morgan fingerprint density at radius 1 is 1.19 bits per heavy atom. The highest BCUT2D eigenvalue weighted by atomic mass is 35.5. The SMILES string of the molecule is Cc1c(Cl)nc(C(C)(C)C)nc1NC(C)C(=O)NC(C)C. The quantitative estimate of drug-likeness (QED) is 0.839. The van der Waals surface area contributed by atoms with Crippen LogP contribution in [0.2, 0.25) is 5.15 Å². The number of amides is 1. The molecular weight excluding hydrogens is 288 g/mol. The summed E-state index contributed by atoms with van der Waals surface area (Å²) in [5.41, 5.74) is 0.533. The first kappa shape index (κ1) is 17.7. The molecular formula is C15H25ClN4O. The molecule has 0 radical (unpaired) electrons. The molecule has 21 heavy (non-hydrogen) atoms. The Labute approximate surface area is 131 Å². The fourth-order valence-electron chi connectivity index (χ4n) is 1.65. The van der Waals surface area contributed by atoms with Crippen molar-refractivity contribution in [1.82, 2.24) is 15.3 Å². The fourth-order valence-corrected chi connectivity index (χ4v) is 1.81. The molecule has 1 aromatic rings. The Morgan fingerprint density at radius 2 is 1.76 bits per heavy atom. The number of rotatable bonds is 4. The lowest BCUT2D eigenvalue weighted by molar-refractivity contribution is -0.122. The molecule has 1 heterocycles. The maximum atomic E-state index is 12.0. The van der Waals surface area contributed by atoms with Crippen LogP contribution in [0.1, 0.15) is 52.9 Å². The molecule has 0 saturated carbocycles. The Hall–Kier alpha value is -1.36. The van der Waals surface area contributed by atoms with Crippen molar-refractivity contribution in [3.8, 4) is 0 Å². The van der Waals surface area contributed by atoms with Crippen LogP contribution in [0.5, 0.6) is 0 Å². The van der Waals surface area contributed by atoms with Gasteiger partial charge in [-0.15, -0.1) is 0 Å². The number of carbonyl (C=O) groups excluding carboxylic acids is 1. The van der Waals surface area contributed by atoms with Crippen molar-refractivity contribution >= 4 is 23.3 Å². The topological polar surface area (TPSA) is 66.9 Å². The van der Waals surface area contributed by atoms with Gasteiger partial charge in [0.05, 0.1) is 0 Å². The van der Waals surface area contributed by atoms with Crippen molar-refractivity contribution < 1.29 is 4.79 Å². The summed E-state index contributed by atoms with van der Waals surface area (Å²) in [4.78, 5) is 20.8. The molecule has 5 nitrogen and oxygen atoms in total. The second-order valence-corrected chi connectivity index (χ2v) is 6.95. The molecule has 0 fully saturated rings. The smallest absolute Gasteiger partial charge is 0.242 e. The van der Waals surface area contributed by atoms with Gasteiger partial charge < -0.3 is 10.6 Å². The van der Waals surface area contributed by atoms with E-state index in [9.17, 15) is 4.79 Å². The summed E-state index contributed by atoms with van der Waals surface area (Å²) >= 11 is 6.18. The largest absolute Gasteiger partial charge is 0.358 e. The van der Waals surface area contributed by atoms with Crippen LogP contribution in [0.4, 0.5) is 5.82 Å². The Balaban J connectivity index is 3.02. The molecule has 1 amide bonds. The van der Waals surface area contributed by atoms with Crippen LogP contribution in [-0.4, -0.2) is 28.0 Å². The maximum absolute atomic E-state index is 12.0. The van der Waals surface area contributed by atoms with E-state index in [4.69, 9.17) is 11.6 Å². The Bertz CT molecular complexity index is 523. The van der Waals surface area contributed by atoms with E-state index in [1.54, 1.807) is 6.92 Å². The van der Waals surface area contributed by atoms with E-state index in [1.165, 1.54) is 0 Å². The van der Waals surface area contributed by atoms with Gasteiger partial charge in [-0.2, -0.15) is 0 Å². The fraction of sp³-hybridized carbons (Fsp3) is 0.667. The first-order valence-corrected chi connectivity index (χ1v) is 7.51. The van der Waals surface area contributed by atoms with Crippen molar-refractivity contribution in [2.75, 3.05) is 5.32 Å². The molecule has 1 unspecified atom stereocenters. The zero-order valence-electron chi connectivity index (χ0n) is 13.8. The van der Waals surface area contributed by atoms with Crippen LogP contribution in [-0.2, 0) is 10.2 Å². The predicted molar refractivity (Wildman–Crippen MR) is 86.8 cm³/mol. The minimum atomic E-state index is -0.398. The van der Waals surface area contributed by atoms with Gasteiger partial charge in [-0.25, -0.2) is 9.97 Å². The van der Waals surface area contributed by atoms with Gasteiger partial charge in [0, 0.05) is 17.0 Å². The van der Waals surface area contributed by atoms with Crippen molar-refractivity contribution in [2.45, 2.75) is 66.0 Å². The number of hydrogen-bond acceptors (Lipinski definition) is 4. The summed E-state index contributed by atoms with van der Waals surface area (Å²) in [5, 5.41) is 6.40. The molecule has 0 bridgehead atoms. The lowest BCUT2D eigenvalue weighted by atomic mass is 9.95. The summed E-state index contributed by atoms with van der Waals surface area (Å²) in [7, 11) is 0. The van der Waals surface area contributed by atoms with E-state index in [2.05, 4.69) is 20.6 Å². The summed E-state index contributed by atoms with van der Waals surface area (Å²) in [6.45, 7) is 13.5. The number of aromatic nitrogens is 2. The third-order valence-corrected chi connectivity index (χ3v) is 3.30. The first-order valence-electron chi connectivity index (χ1n) is 7.14. The van der Waals surface area contributed by atoms with Gasteiger partial charge in [0.25, 0.3) is 0 Å². The second kappa shape index (κ2) is 6.60. The maximum Gasteiger partial charge on any atom is 0.242 e. The number of anilines is 1. The number of hydrogen-bond donors (Lipinski definition) is 2.